The number of rotatable bonds is 4. The van der Waals surface area contributed by atoms with Gasteiger partial charge in [-0.15, -0.1) is 11.3 Å². The molecule has 0 bridgehead atoms. The summed E-state index contributed by atoms with van der Waals surface area (Å²) in [4.78, 5) is 24.7. The summed E-state index contributed by atoms with van der Waals surface area (Å²) in [5.41, 5.74) is 0.367. The highest BCUT2D eigenvalue weighted by Gasteiger charge is 2.19. The smallest absolute Gasteiger partial charge is 0.341 e. The Kier molecular flexibility index (Phi) is 4.24. The molecule has 1 N–H and O–H groups in total. The number of carbonyl (C=O) groups is 2. The Hall–Kier alpha value is -2.08. The Labute approximate surface area is 120 Å². The lowest BCUT2D eigenvalue weighted by Crippen LogP contribution is -2.13. The molecule has 0 saturated heterocycles. The van der Waals surface area contributed by atoms with E-state index in [0.717, 1.165) is 4.88 Å². The number of esters is 1. The maximum Gasteiger partial charge on any atom is 0.341 e. The molecule has 0 aliphatic heterocycles. The molecule has 0 radical (unpaired) electrons. The number of nitrogens with one attached hydrogen (secondary N) is 1. The summed E-state index contributed by atoms with van der Waals surface area (Å²) in [5.74, 6) is 0.0414. The Balaban J connectivity index is 2.21. The lowest BCUT2D eigenvalue weighted by atomic mass is 10.3. The van der Waals surface area contributed by atoms with E-state index < -0.39 is 5.97 Å². The van der Waals surface area contributed by atoms with Crippen LogP contribution in [0.3, 0.4) is 0 Å². The van der Waals surface area contributed by atoms with Crippen molar-refractivity contribution in [2.45, 2.75) is 20.8 Å². The van der Waals surface area contributed by atoms with Gasteiger partial charge in [0.05, 0.1) is 12.2 Å². The highest BCUT2D eigenvalue weighted by atomic mass is 32.1. The van der Waals surface area contributed by atoms with E-state index >= 15 is 0 Å². The van der Waals surface area contributed by atoms with E-state index in [4.69, 9.17) is 9.15 Å². The van der Waals surface area contributed by atoms with Crippen LogP contribution in [-0.2, 0) is 4.74 Å². The first-order chi connectivity index (χ1) is 9.51. The first-order valence-corrected chi connectivity index (χ1v) is 6.98. The molecule has 0 aliphatic rings. The van der Waals surface area contributed by atoms with E-state index in [1.54, 1.807) is 32.0 Å². The fourth-order valence-corrected chi connectivity index (χ4v) is 2.58. The number of thiophene rings is 1. The molecule has 0 unspecified atom stereocenters. The highest BCUT2D eigenvalue weighted by Crippen LogP contribution is 2.28. The van der Waals surface area contributed by atoms with Crippen LogP contribution in [0.4, 0.5) is 5.00 Å². The number of hydrogen-bond acceptors (Lipinski definition) is 5. The molecule has 6 heteroatoms. The molecule has 106 valence electrons. The predicted molar refractivity (Wildman–Crippen MR) is 76.4 cm³/mol. The molecule has 5 nitrogen and oxygen atoms in total. The summed E-state index contributed by atoms with van der Waals surface area (Å²) in [5, 5.41) is 3.16. The number of hydrogen-bond donors (Lipinski definition) is 1. The fraction of sp³-hybridized carbons (Fsp3) is 0.286. The van der Waals surface area contributed by atoms with Crippen molar-refractivity contribution >= 4 is 28.2 Å². The van der Waals surface area contributed by atoms with Crippen molar-refractivity contribution in [1.82, 2.24) is 0 Å². The van der Waals surface area contributed by atoms with Gasteiger partial charge in [0.2, 0.25) is 0 Å². The van der Waals surface area contributed by atoms with Gasteiger partial charge < -0.3 is 14.5 Å². The van der Waals surface area contributed by atoms with Gasteiger partial charge in [-0.3, -0.25) is 4.79 Å². The average Bonchev–Trinajstić information content (AvgIpc) is 2.96. The summed E-state index contributed by atoms with van der Waals surface area (Å²) in [6.07, 6.45) is 0. The second kappa shape index (κ2) is 5.92. The predicted octanol–water partition coefficient (Wildman–Crippen LogP) is 3.39. The Morgan fingerprint density at radius 2 is 2.10 bits per heavy atom. The zero-order valence-corrected chi connectivity index (χ0v) is 12.3. The number of carbonyl (C=O) groups excluding carboxylic acids is 2. The maximum absolute atomic E-state index is 12.0. The topological polar surface area (TPSA) is 68.5 Å². The van der Waals surface area contributed by atoms with E-state index in [0.29, 0.717) is 22.9 Å². The van der Waals surface area contributed by atoms with Crippen molar-refractivity contribution in [3.05, 3.63) is 40.2 Å². The molecule has 0 aromatic carbocycles. The van der Waals surface area contributed by atoms with E-state index in [2.05, 4.69) is 5.32 Å². The summed E-state index contributed by atoms with van der Waals surface area (Å²) < 4.78 is 10.2. The van der Waals surface area contributed by atoms with Crippen LogP contribution in [0.5, 0.6) is 0 Å². The molecule has 0 saturated carbocycles. The number of ether oxygens (including phenoxy) is 1. The molecular formula is C14H15NO4S. The van der Waals surface area contributed by atoms with Crippen LogP contribution in [0.15, 0.2) is 22.6 Å². The van der Waals surface area contributed by atoms with Crippen LogP contribution in [0.1, 0.15) is 38.5 Å². The van der Waals surface area contributed by atoms with E-state index in [9.17, 15) is 9.59 Å². The van der Waals surface area contributed by atoms with Crippen LogP contribution < -0.4 is 5.32 Å². The van der Waals surface area contributed by atoms with Crippen LogP contribution in [0.2, 0.25) is 0 Å². The third-order valence-corrected chi connectivity index (χ3v) is 3.51. The standard InChI is InChI=1S/C14H15NO4S/c1-4-18-14(17)10-7-9(3)20-13(10)15-12(16)11-6-5-8(2)19-11/h5-7H,4H2,1-3H3,(H,15,16). The number of aryl methyl sites for hydroxylation is 2. The largest absolute Gasteiger partial charge is 0.462 e. The normalized spacial score (nSPS) is 10.3. The molecule has 2 aromatic heterocycles. The minimum absolute atomic E-state index is 0.211. The van der Waals surface area contributed by atoms with Gasteiger partial charge in [0.25, 0.3) is 5.91 Å². The summed E-state index contributed by atoms with van der Waals surface area (Å²) in [7, 11) is 0. The molecule has 1 amide bonds. The van der Waals surface area contributed by atoms with Gasteiger partial charge in [-0.05, 0) is 39.0 Å². The minimum Gasteiger partial charge on any atom is -0.462 e. The first kappa shape index (κ1) is 14.3. The second-order valence-electron chi connectivity index (χ2n) is 4.18. The van der Waals surface area contributed by atoms with Crippen LogP contribution in [-0.4, -0.2) is 18.5 Å². The quantitative estimate of drug-likeness (QED) is 0.877. The minimum atomic E-state index is -0.442. The van der Waals surface area contributed by atoms with Crippen molar-refractivity contribution in [3.8, 4) is 0 Å². The SMILES string of the molecule is CCOC(=O)c1cc(C)sc1NC(=O)c1ccc(C)o1. The molecule has 0 aliphatic carbocycles. The van der Waals surface area contributed by atoms with Crippen LogP contribution in [0.25, 0.3) is 0 Å². The zero-order valence-electron chi connectivity index (χ0n) is 11.5. The van der Waals surface area contributed by atoms with Crippen molar-refractivity contribution in [3.63, 3.8) is 0 Å². The second-order valence-corrected chi connectivity index (χ2v) is 5.44. The maximum atomic E-state index is 12.0. The molecule has 0 fully saturated rings. The zero-order chi connectivity index (χ0) is 14.7. The van der Waals surface area contributed by atoms with Gasteiger partial charge >= 0.3 is 5.97 Å². The molecular weight excluding hydrogens is 278 g/mol. The highest BCUT2D eigenvalue weighted by molar-refractivity contribution is 7.16. The first-order valence-electron chi connectivity index (χ1n) is 6.16. The summed E-state index contributed by atoms with van der Waals surface area (Å²) >= 11 is 1.32. The Morgan fingerprint density at radius 1 is 1.35 bits per heavy atom. The molecule has 0 spiro atoms. The van der Waals surface area contributed by atoms with Crippen molar-refractivity contribution in [2.24, 2.45) is 0 Å². The van der Waals surface area contributed by atoms with Crippen LogP contribution >= 0.6 is 11.3 Å². The Morgan fingerprint density at radius 3 is 2.70 bits per heavy atom. The monoisotopic (exact) mass is 293 g/mol. The van der Waals surface area contributed by atoms with Gasteiger partial charge in [-0.1, -0.05) is 0 Å². The molecule has 2 rings (SSSR count). The van der Waals surface area contributed by atoms with Gasteiger partial charge in [-0.2, -0.15) is 0 Å². The van der Waals surface area contributed by atoms with Crippen molar-refractivity contribution in [1.29, 1.82) is 0 Å². The lowest BCUT2D eigenvalue weighted by molar-refractivity contribution is 0.0528. The summed E-state index contributed by atoms with van der Waals surface area (Å²) in [6.45, 7) is 5.65. The average molecular weight is 293 g/mol. The molecule has 0 atom stereocenters. The van der Waals surface area contributed by atoms with Gasteiger partial charge in [0.15, 0.2) is 5.76 Å². The molecule has 2 aromatic rings. The van der Waals surface area contributed by atoms with Gasteiger partial charge in [0, 0.05) is 4.88 Å². The third kappa shape index (κ3) is 3.08. The van der Waals surface area contributed by atoms with E-state index in [1.807, 2.05) is 6.92 Å². The molecule has 20 heavy (non-hydrogen) atoms. The Bertz CT molecular complexity index is 641. The van der Waals surface area contributed by atoms with E-state index in [-0.39, 0.29) is 11.7 Å². The van der Waals surface area contributed by atoms with Crippen molar-refractivity contribution < 1.29 is 18.7 Å². The van der Waals surface area contributed by atoms with Crippen LogP contribution in [0, 0.1) is 13.8 Å². The summed E-state index contributed by atoms with van der Waals surface area (Å²) in [6, 6.07) is 5.00. The number of anilines is 1. The number of furan rings is 1. The number of amides is 1. The van der Waals surface area contributed by atoms with Crippen molar-refractivity contribution in [2.75, 3.05) is 11.9 Å². The van der Waals surface area contributed by atoms with E-state index in [1.165, 1.54) is 11.3 Å². The fourth-order valence-electron chi connectivity index (χ4n) is 1.69. The molecule has 2 heterocycles. The third-order valence-electron chi connectivity index (χ3n) is 2.54. The lowest BCUT2D eigenvalue weighted by Gasteiger charge is -2.04. The van der Waals surface area contributed by atoms with Gasteiger partial charge in [0.1, 0.15) is 10.8 Å². The van der Waals surface area contributed by atoms with Gasteiger partial charge in [-0.25, -0.2) is 4.79 Å².